The highest BCUT2D eigenvalue weighted by Gasteiger charge is 2.35. The van der Waals surface area contributed by atoms with Crippen LogP contribution in [0, 0.1) is 0 Å². The van der Waals surface area contributed by atoms with Crippen LogP contribution < -0.4 is 10.6 Å². The maximum Gasteiger partial charge on any atom is 0.153 e. The van der Waals surface area contributed by atoms with Gasteiger partial charge in [0.1, 0.15) is 17.2 Å². The smallest absolute Gasteiger partial charge is 0.153 e. The topological polar surface area (TPSA) is 73.5 Å². The van der Waals surface area contributed by atoms with Crippen LogP contribution in [-0.2, 0) is 9.47 Å². The summed E-state index contributed by atoms with van der Waals surface area (Å²) in [5.74, 6) is 0.936. The number of morpholine rings is 1. The molecule has 0 spiro atoms. The number of anilines is 2. The highest BCUT2D eigenvalue weighted by Crippen LogP contribution is 2.31. The standard InChI is InChI=1S/C12H19ClN4O2/c1-12(2)6-17(4-8(19-12)5-18-3)11-9(13)10(14)15-7-16-11/h7-8H,4-6H2,1-3H3,(H2,14,15,16)/t8-/m0/s1. The van der Waals surface area contributed by atoms with Gasteiger partial charge in [0.25, 0.3) is 0 Å². The van der Waals surface area contributed by atoms with Crippen molar-refractivity contribution < 1.29 is 9.47 Å². The van der Waals surface area contributed by atoms with Crippen molar-refractivity contribution in [2.24, 2.45) is 0 Å². The molecule has 1 saturated heterocycles. The van der Waals surface area contributed by atoms with E-state index in [0.717, 1.165) is 0 Å². The minimum atomic E-state index is -0.301. The second-order valence-corrected chi connectivity index (χ2v) is 5.61. The van der Waals surface area contributed by atoms with Crippen LogP contribution in [0.15, 0.2) is 6.33 Å². The van der Waals surface area contributed by atoms with Crippen molar-refractivity contribution in [2.75, 3.05) is 37.4 Å². The first-order chi connectivity index (χ1) is 8.93. The van der Waals surface area contributed by atoms with Crippen LogP contribution in [0.25, 0.3) is 0 Å². The molecule has 1 aromatic heterocycles. The fourth-order valence-corrected chi connectivity index (χ4v) is 2.54. The number of nitrogens with zero attached hydrogens (tertiary/aromatic N) is 3. The molecule has 2 rings (SSSR count). The van der Waals surface area contributed by atoms with E-state index in [-0.39, 0.29) is 11.7 Å². The Kier molecular flexibility index (Phi) is 4.13. The van der Waals surface area contributed by atoms with E-state index < -0.39 is 0 Å². The SMILES string of the molecule is COC[C@@H]1CN(c2ncnc(N)c2Cl)CC(C)(C)O1. The summed E-state index contributed by atoms with van der Waals surface area (Å²) < 4.78 is 11.1. The van der Waals surface area contributed by atoms with Gasteiger partial charge in [-0.25, -0.2) is 9.97 Å². The Bertz CT molecular complexity index is 455. The summed E-state index contributed by atoms with van der Waals surface area (Å²) in [5.41, 5.74) is 5.42. The molecule has 0 aliphatic carbocycles. The normalized spacial score (nSPS) is 22.5. The summed E-state index contributed by atoms with van der Waals surface area (Å²) in [5, 5.41) is 0.386. The Morgan fingerprint density at radius 2 is 2.32 bits per heavy atom. The van der Waals surface area contributed by atoms with Gasteiger partial charge < -0.3 is 20.1 Å². The molecule has 0 amide bonds. The van der Waals surface area contributed by atoms with Gasteiger partial charge in [0, 0.05) is 20.2 Å². The molecule has 2 N–H and O–H groups in total. The summed E-state index contributed by atoms with van der Waals surface area (Å²) in [6.07, 6.45) is 1.39. The van der Waals surface area contributed by atoms with E-state index in [9.17, 15) is 0 Å². The molecule has 106 valence electrons. The van der Waals surface area contributed by atoms with E-state index >= 15 is 0 Å². The van der Waals surface area contributed by atoms with Crippen LogP contribution in [0.1, 0.15) is 13.8 Å². The number of halogens is 1. The number of nitrogen functional groups attached to an aromatic ring is 1. The van der Waals surface area contributed by atoms with Crippen LogP contribution in [0.5, 0.6) is 0 Å². The molecule has 1 aromatic rings. The number of hydrogen-bond acceptors (Lipinski definition) is 6. The van der Waals surface area contributed by atoms with Gasteiger partial charge in [-0.1, -0.05) is 11.6 Å². The Morgan fingerprint density at radius 1 is 1.58 bits per heavy atom. The van der Waals surface area contributed by atoms with Gasteiger partial charge in [-0.2, -0.15) is 0 Å². The fourth-order valence-electron chi connectivity index (χ4n) is 2.32. The van der Waals surface area contributed by atoms with Gasteiger partial charge in [-0.3, -0.25) is 0 Å². The quantitative estimate of drug-likeness (QED) is 0.904. The van der Waals surface area contributed by atoms with Gasteiger partial charge in [-0.05, 0) is 13.8 Å². The molecule has 7 heteroatoms. The minimum absolute atomic E-state index is 0.0268. The van der Waals surface area contributed by atoms with E-state index in [1.165, 1.54) is 6.33 Å². The van der Waals surface area contributed by atoms with E-state index in [2.05, 4.69) is 14.9 Å². The van der Waals surface area contributed by atoms with Crippen LogP contribution in [0.3, 0.4) is 0 Å². The zero-order valence-corrected chi connectivity index (χ0v) is 12.1. The van der Waals surface area contributed by atoms with Gasteiger partial charge in [0.05, 0.1) is 18.3 Å². The molecule has 1 aliphatic heterocycles. The van der Waals surface area contributed by atoms with Crippen molar-refractivity contribution in [3.05, 3.63) is 11.3 Å². The molecule has 0 radical (unpaired) electrons. The molecule has 0 unspecified atom stereocenters. The molecule has 2 heterocycles. The van der Waals surface area contributed by atoms with E-state index in [0.29, 0.717) is 36.4 Å². The summed E-state index contributed by atoms with van der Waals surface area (Å²) in [7, 11) is 1.66. The fraction of sp³-hybridized carbons (Fsp3) is 0.667. The number of hydrogen-bond donors (Lipinski definition) is 1. The van der Waals surface area contributed by atoms with Gasteiger partial charge in [0.15, 0.2) is 5.82 Å². The van der Waals surface area contributed by atoms with Gasteiger partial charge >= 0.3 is 0 Å². The lowest BCUT2D eigenvalue weighted by Crippen LogP contribution is -2.54. The van der Waals surface area contributed by atoms with Crippen LogP contribution >= 0.6 is 11.6 Å². The lowest BCUT2D eigenvalue weighted by atomic mass is 10.1. The van der Waals surface area contributed by atoms with E-state index in [4.69, 9.17) is 26.8 Å². The first-order valence-electron chi connectivity index (χ1n) is 6.10. The lowest BCUT2D eigenvalue weighted by molar-refractivity contribution is -0.106. The summed E-state index contributed by atoms with van der Waals surface area (Å²) in [4.78, 5) is 10.2. The zero-order chi connectivity index (χ0) is 14.0. The van der Waals surface area contributed by atoms with Gasteiger partial charge in [0.2, 0.25) is 0 Å². The second kappa shape index (κ2) is 5.48. The van der Waals surface area contributed by atoms with Crippen LogP contribution in [-0.4, -0.2) is 48.5 Å². The molecular formula is C12H19ClN4O2. The Hall–Kier alpha value is -1.11. The summed E-state index contributed by atoms with van der Waals surface area (Å²) in [6.45, 7) is 5.93. The third kappa shape index (κ3) is 3.26. The third-order valence-corrected chi connectivity index (χ3v) is 3.29. The predicted molar refractivity (Wildman–Crippen MR) is 74.5 cm³/mol. The number of nitrogens with two attached hydrogens (primary N) is 1. The average molecular weight is 287 g/mol. The monoisotopic (exact) mass is 286 g/mol. The van der Waals surface area contributed by atoms with Crippen molar-refractivity contribution in [1.29, 1.82) is 0 Å². The van der Waals surface area contributed by atoms with Crippen molar-refractivity contribution in [1.82, 2.24) is 9.97 Å². The first kappa shape index (κ1) is 14.3. The molecule has 0 aromatic carbocycles. The van der Waals surface area contributed by atoms with Crippen LogP contribution in [0.2, 0.25) is 5.02 Å². The maximum atomic E-state index is 6.18. The van der Waals surface area contributed by atoms with Crippen molar-refractivity contribution >= 4 is 23.2 Å². The lowest BCUT2D eigenvalue weighted by Gasteiger charge is -2.43. The predicted octanol–water partition coefficient (Wildman–Crippen LogP) is 1.34. The number of ether oxygens (including phenoxy) is 2. The molecule has 1 aliphatic rings. The number of aromatic nitrogens is 2. The average Bonchev–Trinajstić information content (AvgIpc) is 2.31. The Labute approximate surface area is 117 Å². The zero-order valence-electron chi connectivity index (χ0n) is 11.4. The number of methoxy groups -OCH3 is 1. The molecule has 0 bridgehead atoms. The van der Waals surface area contributed by atoms with E-state index in [1.807, 2.05) is 13.8 Å². The molecule has 1 atom stereocenters. The minimum Gasteiger partial charge on any atom is -0.382 e. The maximum absolute atomic E-state index is 6.18. The third-order valence-electron chi connectivity index (χ3n) is 2.93. The highest BCUT2D eigenvalue weighted by molar-refractivity contribution is 6.35. The Balaban J connectivity index is 2.25. The van der Waals surface area contributed by atoms with Crippen molar-refractivity contribution in [3.63, 3.8) is 0 Å². The summed E-state index contributed by atoms with van der Waals surface area (Å²) in [6, 6.07) is 0. The highest BCUT2D eigenvalue weighted by atomic mass is 35.5. The number of rotatable bonds is 3. The Morgan fingerprint density at radius 3 is 3.00 bits per heavy atom. The summed E-state index contributed by atoms with van der Waals surface area (Å²) >= 11 is 6.18. The molecule has 6 nitrogen and oxygen atoms in total. The largest absolute Gasteiger partial charge is 0.382 e. The molecule has 19 heavy (non-hydrogen) atoms. The van der Waals surface area contributed by atoms with Crippen LogP contribution in [0.4, 0.5) is 11.6 Å². The van der Waals surface area contributed by atoms with E-state index in [1.54, 1.807) is 7.11 Å². The molecule has 0 saturated carbocycles. The molecular weight excluding hydrogens is 268 g/mol. The second-order valence-electron chi connectivity index (χ2n) is 5.23. The van der Waals surface area contributed by atoms with Crippen molar-refractivity contribution in [3.8, 4) is 0 Å². The van der Waals surface area contributed by atoms with Gasteiger partial charge in [-0.15, -0.1) is 0 Å². The first-order valence-corrected chi connectivity index (χ1v) is 6.48. The molecule has 1 fully saturated rings. The van der Waals surface area contributed by atoms with Crippen molar-refractivity contribution in [2.45, 2.75) is 25.6 Å².